The lowest BCUT2D eigenvalue weighted by molar-refractivity contribution is 0.715. The van der Waals surface area contributed by atoms with Gasteiger partial charge in [0.25, 0.3) is 0 Å². The second-order valence-electron chi connectivity index (χ2n) is 7.56. The van der Waals surface area contributed by atoms with Gasteiger partial charge in [-0.1, -0.05) is 104 Å². The molecule has 120 valence electrons. The van der Waals surface area contributed by atoms with Crippen molar-refractivity contribution in [3.63, 3.8) is 0 Å². The maximum Gasteiger partial charge on any atom is -0.0107 e. The van der Waals surface area contributed by atoms with Gasteiger partial charge >= 0.3 is 0 Å². The Kier molecular flexibility index (Phi) is 6.37. The van der Waals surface area contributed by atoms with Gasteiger partial charge in [-0.3, -0.25) is 0 Å². The van der Waals surface area contributed by atoms with E-state index >= 15 is 0 Å². The van der Waals surface area contributed by atoms with E-state index in [1.165, 1.54) is 16.4 Å². The lowest BCUT2D eigenvalue weighted by atomic mass is 10.1. The minimum Gasteiger partial charge on any atom is -0.153 e. The quantitative estimate of drug-likeness (QED) is 0.582. The van der Waals surface area contributed by atoms with Crippen molar-refractivity contribution >= 4 is 23.1 Å². The van der Waals surface area contributed by atoms with E-state index in [0.717, 1.165) is 0 Å². The van der Waals surface area contributed by atoms with Gasteiger partial charge in [0.15, 0.2) is 0 Å². The van der Waals surface area contributed by atoms with Crippen molar-refractivity contribution in [2.45, 2.75) is 51.9 Å². The Hall–Kier alpha value is -0.700. The van der Waals surface area contributed by atoms with E-state index in [2.05, 4.69) is 96.1 Å². The number of hydrogen-bond donors (Lipinski definition) is 0. The van der Waals surface area contributed by atoms with Crippen LogP contribution in [-0.2, 0) is 0 Å². The molecular formula is C20H30P2. The van der Waals surface area contributed by atoms with E-state index in [4.69, 9.17) is 0 Å². The van der Waals surface area contributed by atoms with Gasteiger partial charge in [-0.2, -0.15) is 9.90 Å². The minimum atomic E-state index is -0.282. The molecule has 0 aliphatic carbocycles. The van der Waals surface area contributed by atoms with Crippen LogP contribution in [0, 0.1) is 0 Å². The highest BCUT2D eigenvalue weighted by atomic mass is 31.1. The van der Waals surface area contributed by atoms with E-state index < -0.39 is 0 Å². The Morgan fingerprint density at radius 1 is 0.636 bits per heavy atom. The first kappa shape index (κ1) is 19.3. The Bertz CT molecular complexity index is 575. The summed E-state index contributed by atoms with van der Waals surface area (Å²) in [7, 11) is -0.282. The first-order valence-electron chi connectivity index (χ1n) is 7.66. The van der Waals surface area contributed by atoms with Crippen molar-refractivity contribution in [2.75, 3.05) is 0 Å². The molecule has 22 heavy (non-hydrogen) atoms. The molecule has 0 saturated carbocycles. The second kappa shape index (κ2) is 7.25. The fourth-order valence-electron chi connectivity index (χ4n) is 3.26. The number of hydrogen-bond acceptors (Lipinski definition) is 0. The molecule has 0 spiro atoms. The summed E-state index contributed by atoms with van der Waals surface area (Å²) in [6.45, 7) is 14.3. The van der Waals surface area contributed by atoms with E-state index in [0.29, 0.717) is 10.3 Å². The SMILES string of the molecule is CC(C)(C)P(c1ccccc1-c1ccccc1)C(C)(C)C.P. The van der Waals surface area contributed by atoms with Crippen molar-refractivity contribution in [3.05, 3.63) is 54.6 Å². The number of rotatable bonds is 2. The van der Waals surface area contributed by atoms with Gasteiger partial charge in [0.1, 0.15) is 0 Å². The van der Waals surface area contributed by atoms with Crippen LogP contribution in [0.5, 0.6) is 0 Å². The molecule has 2 aromatic rings. The lowest BCUT2D eigenvalue weighted by Crippen LogP contribution is -2.31. The predicted molar refractivity (Wildman–Crippen MR) is 109 cm³/mol. The van der Waals surface area contributed by atoms with Crippen molar-refractivity contribution in [1.29, 1.82) is 0 Å². The van der Waals surface area contributed by atoms with Gasteiger partial charge in [0.05, 0.1) is 0 Å². The van der Waals surface area contributed by atoms with Crippen LogP contribution >= 0.6 is 17.8 Å². The molecule has 0 aromatic heterocycles. The largest absolute Gasteiger partial charge is 0.153 e. The maximum absolute atomic E-state index is 2.38. The summed E-state index contributed by atoms with van der Waals surface area (Å²) in [5.41, 5.74) is 2.73. The molecule has 0 amide bonds. The topological polar surface area (TPSA) is 0 Å². The molecule has 2 heteroatoms. The molecule has 2 rings (SSSR count). The van der Waals surface area contributed by atoms with Crippen molar-refractivity contribution in [1.82, 2.24) is 0 Å². The Morgan fingerprint density at radius 3 is 1.59 bits per heavy atom. The number of benzene rings is 2. The van der Waals surface area contributed by atoms with Crippen LogP contribution < -0.4 is 5.30 Å². The van der Waals surface area contributed by atoms with Gasteiger partial charge in [0.2, 0.25) is 0 Å². The molecule has 0 N–H and O–H groups in total. The minimum absolute atomic E-state index is 0. The van der Waals surface area contributed by atoms with Gasteiger partial charge < -0.3 is 0 Å². The molecule has 0 aliphatic heterocycles. The van der Waals surface area contributed by atoms with Crippen LogP contribution in [0.4, 0.5) is 0 Å². The van der Waals surface area contributed by atoms with Crippen LogP contribution in [0.1, 0.15) is 41.5 Å². The fourth-order valence-corrected chi connectivity index (χ4v) is 7.40. The highest BCUT2D eigenvalue weighted by Crippen LogP contribution is 2.59. The monoisotopic (exact) mass is 332 g/mol. The summed E-state index contributed by atoms with van der Waals surface area (Å²) >= 11 is 0. The van der Waals surface area contributed by atoms with E-state index in [9.17, 15) is 0 Å². The van der Waals surface area contributed by atoms with Crippen LogP contribution in [0.2, 0.25) is 0 Å². The van der Waals surface area contributed by atoms with Crippen molar-refractivity contribution in [3.8, 4) is 11.1 Å². The molecule has 0 radical (unpaired) electrons. The van der Waals surface area contributed by atoms with Crippen molar-refractivity contribution in [2.24, 2.45) is 0 Å². The summed E-state index contributed by atoms with van der Waals surface area (Å²) in [5, 5.41) is 2.11. The average molecular weight is 332 g/mol. The van der Waals surface area contributed by atoms with Crippen LogP contribution in [0.15, 0.2) is 54.6 Å². The standard InChI is InChI=1S/C20H27P.H3P/c1-19(2,3)21(20(4,5)6)18-15-11-10-14-17(18)16-12-8-7-9-13-16;/h7-15H,1-6H3;1H3. The maximum atomic E-state index is 2.38. The highest BCUT2D eigenvalue weighted by Gasteiger charge is 2.36. The molecule has 1 atom stereocenters. The zero-order chi connectivity index (χ0) is 15.7. The van der Waals surface area contributed by atoms with E-state index in [1.807, 2.05) is 0 Å². The zero-order valence-corrected chi connectivity index (χ0v) is 17.2. The van der Waals surface area contributed by atoms with Gasteiger partial charge in [-0.05, 0) is 26.7 Å². The molecule has 1 unspecified atom stereocenters. The van der Waals surface area contributed by atoms with Gasteiger partial charge in [-0.15, -0.1) is 0 Å². The summed E-state index contributed by atoms with van der Waals surface area (Å²) in [5.74, 6) is 0. The smallest absolute Gasteiger partial charge is 0.0107 e. The third kappa shape index (κ3) is 4.41. The molecule has 0 nitrogen and oxygen atoms in total. The van der Waals surface area contributed by atoms with Crippen LogP contribution in [-0.4, -0.2) is 10.3 Å². The zero-order valence-electron chi connectivity index (χ0n) is 14.9. The lowest BCUT2D eigenvalue weighted by Gasteiger charge is -2.42. The van der Waals surface area contributed by atoms with E-state index in [-0.39, 0.29) is 17.8 Å². The summed E-state index contributed by atoms with van der Waals surface area (Å²) in [6.07, 6.45) is 0. The summed E-state index contributed by atoms with van der Waals surface area (Å²) in [6, 6.07) is 19.7. The van der Waals surface area contributed by atoms with E-state index in [1.54, 1.807) is 0 Å². The van der Waals surface area contributed by atoms with Crippen molar-refractivity contribution < 1.29 is 0 Å². The molecule has 2 aromatic carbocycles. The van der Waals surface area contributed by atoms with Crippen LogP contribution in [0.3, 0.4) is 0 Å². The predicted octanol–water partition coefficient (Wildman–Crippen LogP) is 6.12. The molecule has 0 heterocycles. The first-order valence-corrected chi connectivity index (χ1v) is 9.00. The average Bonchev–Trinajstić information content (AvgIpc) is 2.37. The highest BCUT2D eigenvalue weighted by molar-refractivity contribution is 7.68. The molecule has 0 saturated heterocycles. The molecule has 0 bridgehead atoms. The van der Waals surface area contributed by atoms with Gasteiger partial charge in [0, 0.05) is 0 Å². The third-order valence-corrected chi connectivity index (χ3v) is 7.13. The second-order valence-corrected chi connectivity index (χ2v) is 11.4. The Morgan fingerprint density at radius 2 is 1.09 bits per heavy atom. The molecular weight excluding hydrogens is 302 g/mol. The Labute approximate surface area is 141 Å². The summed E-state index contributed by atoms with van der Waals surface area (Å²) < 4.78 is 0. The normalized spacial score (nSPS) is 12.1. The summed E-state index contributed by atoms with van der Waals surface area (Å²) in [4.78, 5) is 0. The van der Waals surface area contributed by atoms with Crippen LogP contribution in [0.25, 0.3) is 11.1 Å². The fraction of sp³-hybridized carbons (Fsp3) is 0.400. The Balaban J connectivity index is 0.00000242. The van der Waals surface area contributed by atoms with Gasteiger partial charge in [-0.25, -0.2) is 0 Å². The molecule has 0 aliphatic rings. The first-order chi connectivity index (χ1) is 9.71. The molecule has 0 fully saturated rings. The third-order valence-electron chi connectivity index (χ3n) is 3.57.